The van der Waals surface area contributed by atoms with Gasteiger partial charge in [0.05, 0.1) is 47.5 Å². The fourth-order valence-corrected chi connectivity index (χ4v) is 4.53. The minimum atomic E-state index is -0.716. The summed E-state index contributed by atoms with van der Waals surface area (Å²) < 4.78 is 7.70. The summed E-state index contributed by atoms with van der Waals surface area (Å²) in [5, 5.41) is 21.0. The first-order valence-corrected chi connectivity index (χ1v) is 12.2. The van der Waals surface area contributed by atoms with Crippen molar-refractivity contribution in [3.8, 4) is 28.5 Å². The molecule has 11 heteroatoms. The molecule has 0 aliphatic heterocycles. The third-order valence-corrected chi connectivity index (χ3v) is 6.58. The van der Waals surface area contributed by atoms with Crippen molar-refractivity contribution < 1.29 is 14.6 Å². The number of hydrogen-bond acceptors (Lipinski definition) is 9. The highest BCUT2D eigenvalue weighted by Gasteiger charge is 2.30. The molecule has 0 unspecified atom stereocenters. The van der Waals surface area contributed by atoms with Gasteiger partial charge < -0.3 is 15.2 Å². The molecule has 2 atom stereocenters. The lowest BCUT2D eigenvalue weighted by Gasteiger charge is -2.14. The monoisotopic (exact) mass is 500 g/mol. The number of anilines is 1. The van der Waals surface area contributed by atoms with Crippen molar-refractivity contribution in [3.05, 3.63) is 60.2 Å². The lowest BCUT2D eigenvalue weighted by molar-refractivity contribution is -0.141. The first-order valence-electron chi connectivity index (χ1n) is 12.2. The number of ether oxygens (including phenoxy) is 1. The predicted molar refractivity (Wildman–Crippen MR) is 136 cm³/mol. The molecular weight excluding hydrogens is 472 g/mol. The number of hydrogen-bond donors (Lipinski definition) is 2. The Morgan fingerprint density at radius 1 is 1.08 bits per heavy atom. The molecule has 0 spiro atoms. The molecule has 0 radical (unpaired) electrons. The van der Waals surface area contributed by atoms with E-state index in [-0.39, 0.29) is 11.8 Å². The van der Waals surface area contributed by atoms with Gasteiger partial charge in [-0.1, -0.05) is 11.3 Å². The Labute approximate surface area is 214 Å². The Bertz CT molecular complexity index is 1390. The van der Waals surface area contributed by atoms with E-state index in [1.165, 1.54) is 0 Å². The summed E-state index contributed by atoms with van der Waals surface area (Å²) in [6, 6.07) is 11.2. The molecule has 1 aliphatic carbocycles. The molecule has 5 rings (SSSR count). The van der Waals surface area contributed by atoms with Crippen LogP contribution in [0.25, 0.3) is 22.8 Å². The first kappa shape index (κ1) is 24.3. The molecule has 1 aliphatic rings. The Morgan fingerprint density at radius 2 is 1.97 bits per heavy atom. The molecule has 0 bridgehead atoms. The van der Waals surface area contributed by atoms with Crippen molar-refractivity contribution in [1.82, 2.24) is 34.9 Å². The number of carboxylic acids is 1. The number of rotatable bonds is 9. The summed E-state index contributed by atoms with van der Waals surface area (Å²) in [5.41, 5.74) is 4.41. The topological polar surface area (TPSA) is 141 Å². The van der Waals surface area contributed by atoms with E-state index in [0.29, 0.717) is 49.1 Å². The molecule has 1 saturated carbocycles. The van der Waals surface area contributed by atoms with Crippen LogP contribution in [-0.4, -0.2) is 52.6 Å². The second kappa shape index (κ2) is 10.7. The van der Waals surface area contributed by atoms with Crippen LogP contribution in [0, 0.1) is 18.8 Å². The Kier molecular flexibility index (Phi) is 7.02. The zero-order chi connectivity index (χ0) is 25.8. The van der Waals surface area contributed by atoms with Crippen LogP contribution in [0.1, 0.15) is 30.7 Å². The zero-order valence-corrected chi connectivity index (χ0v) is 20.7. The van der Waals surface area contributed by atoms with Gasteiger partial charge in [-0.2, -0.15) is 0 Å². The third kappa shape index (κ3) is 5.55. The molecule has 1 fully saturated rings. The van der Waals surface area contributed by atoms with E-state index in [2.05, 4.69) is 30.6 Å². The second-order valence-electron chi connectivity index (χ2n) is 9.15. The molecule has 0 aromatic carbocycles. The molecule has 4 heterocycles. The summed E-state index contributed by atoms with van der Waals surface area (Å²) >= 11 is 0. The molecule has 11 nitrogen and oxygen atoms in total. The van der Waals surface area contributed by atoms with Crippen LogP contribution in [0.3, 0.4) is 0 Å². The summed E-state index contributed by atoms with van der Waals surface area (Å²) in [4.78, 5) is 29.2. The fraction of sp³-hybridized carbons (Fsp3) is 0.346. The number of nitrogens with one attached hydrogen (secondary N) is 1. The van der Waals surface area contributed by atoms with Crippen molar-refractivity contribution in [2.24, 2.45) is 18.9 Å². The number of aliphatic carboxylic acids is 1. The average molecular weight is 501 g/mol. The predicted octanol–water partition coefficient (Wildman–Crippen LogP) is 3.53. The van der Waals surface area contributed by atoms with Crippen molar-refractivity contribution in [2.75, 3.05) is 11.9 Å². The van der Waals surface area contributed by atoms with Gasteiger partial charge in [0.25, 0.3) is 0 Å². The standard InChI is InChI=1S/C26H28N8O3/c1-16-23(37-15-17-6-7-18(13-17)25(35)36)9-8-21(30-16)24-22(34(2)33-32-24)14-29-26-28-12-10-20(31-26)19-5-3-4-11-27-19/h3-5,8-12,17-18H,6-7,13-15H2,1-2H3,(H,35,36)(H,28,29,31)/t17-,18+/m1/s1. The minimum Gasteiger partial charge on any atom is -0.491 e. The van der Waals surface area contributed by atoms with Crippen LogP contribution in [0.2, 0.25) is 0 Å². The fourth-order valence-electron chi connectivity index (χ4n) is 4.53. The van der Waals surface area contributed by atoms with Crippen LogP contribution in [0.15, 0.2) is 48.8 Å². The van der Waals surface area contributed by atoms with Crippen LogP contribution in [-0.2, 0) is 18.4 Å². The van der Waals surface area contributed by atoms with E-state index in [1.54, 1.807) is 17.1 Å². The molecule has 4 aromatic rings. The van der Waals surface area contributed by atoms with E-state index >= 15 is 0 Å². The van der Waals surface area contributed by atoms with Gasteiger partial charge in [0.15, 0.2) is 0 Å². The average Bonchev–Trinajstić information content (AvgIpc) is 3.54. The summed E-state index contributed by atoms with van der Waals surface area (Å²) in [6.45, 7) is 2.78. The van der Waals surface area contributed by atoms with Crippen molar-refractivity contribution in [2.45, 2.75) is 32.7 Å². The van der Waals surface area contributed by atoms with Gasteiger partial charge in [-0.05, 0) is 62.4 Å². The number of pyridine rings is 2. The molecule has 0 amide bonds. The van der Waals surface area contributed by atoms with E-state index in [4.69, 9.17) is 9.72 Å². The highest BCUT2D eigenvalue weighted by molar-refractivity contribution is 5.70. The van der Waals surface area contributed by atoms with Crippen LogP contribution < -0.4 is 10.1 Å². The van der Waals surface area contributed by atoms with Gasteiger partial charge in [0, 0.05) is 19.4 Å². The number of carbonyl (C=O) groups is 1. The van der Waals surface area contributed by atoms with Gasteiger partial charge in [0.2, 0.25) is 5.95 Å². The maximum Gasteiger partial charge on any atom is 0.306 e. The number of nitrogens with zero attached hydrogens (tertiary/aromatic N) is 7. The minimum absolute atomic E-state index is 0.247. The lowest BCUT2D eigenvalue weighted by Crippen LogP contribution is -2.13. The molecule has 0 saturated heterocycles. The molecule has 2 N–H and O–H groups in total. The molecule has 4 aromatic heterocycles. The lowest BCUT2D eigenvalue weighted by atomic mass is 10.1. The Balaban J connectivity index is 1.26. The Morgan fingerprint density at radius 3 is 2.73 bits per heavy atom. The van der Waals surface area contributed by atoms with Crippen LogP contribution in [0.5, 0.6) is 5.75 Å². The van der Waals surface area contributed by atoms with Gasteiger partial charge in [-0.3, -0.25) is 9.78 Å². The summed E-state index contributed by atoms with van der Waals surface area (Å²) in [6.07, 6.45) is 5.66. The quantitative estimate of drug-likeness (QED) is 0.350. The number of aryl methyl sites for hydroxylation is 2. The number of carboxylic acid groups (broad SMARTS) is 1. The Hall–Kier alpha value is -4.41. The SMILES string of the molecule is Cc1nc(-c2nnn(C)c2CNc2nccc(-c3ccccn3)n2)ccc1OC[C@@H]1CC[C@H](C(=O)O)C1. The van der Waals surface area contributed by atoms with Gasteiger partial charge in [0.1, 0.15) is 11.4 Å². The van der Waals surface area contributed by atoms with Crippen molar-refractivity contribution in [3.63, 3.8) is 0 Å². The summed E-state index contributed by atoms with van der Waals surface area (Å²) in [7, 11) is 1.83. The van der Waals surface area contributed by atoms with Crippen LogP contribution >= 0.6 is 0 Å². The van der Waals surface area contributed by atoms with E-state index in [0.717, 1.165) is 29.2 Å². The van der Waals surface area contributed by atoms with Gasteiger partial charge >= 0.3 is 5.97 Å². The molecular formula is C26H28N8O3. The number of aromatic nitrogens is 7. The van der Waals surface area contributed by atoms with Crippen molar-refractivity contribution in [1.29, 1.82) is 0 Å². The van der Waals surface area contributed by atoms with Gasteiger partial charge in [-0.15, -0.1) is 5.10 Å². The normalized spacial score (nSPS) is 17.0. The van der Waals surface area contributed by atoms with Gasteiger partial charge in [-0.25, -0.2) is 19.6 Å². The smallest absolute Gasteiger partial charge is 0.306 e. The zero-order valence-electron chi connectivity index (χ0n) is 20.7. The third-order valence-electron chi connectivity index (χ3n) is 6.58. The van der Waals surface area contributed by atoms with E-state index in [1.807, 2.05) is 50.4 Å². The maximum absolute atomic E-state index is 11.2. The van der Waals surface area contributed by atoms with E-state index < -0.39 is 5.97 Å². The maximum atomic E-state index is 11.2. The largest absolute Gasteiger partial charge is 0.491 e. The molecule has 190 valence electrons. The van der Waals surface area contributed by atoms with Crippen molar-refractivity contribution >= 4 is 11.9 Å². The highest BCUT2D eigenvalue weighted by atomic mass is 16.5. The van der Waals surface area contributed by atoms with E-state index in [9.17, 15) is 9.90 Å². The first-order chi connectivity index (χ1) is 18.0. The highest BCUT2D eigenvalue weighted by Crippen LogP contribution is 2.32. The second-order valence-corrected chi connectivity index (χ2v) is 9.15. The van der Waals surface area contributed by atoms with Crippen LogP contribution in [0.4, 0.5) is 5.95 Å². The molecule has 37 heavy (non-hydrogen) atoms. The summed E-state index contributed by atoms with van der Waals surface area (Å²) in [5.74, 6) is 0.426.